The van der Waals surface area contributed by atoms with E-state index in [4.69, 9.17) is 4.74 Å². The SMILES string of the molecule is COc1ccccc1NCc1ccc2c(c1)Cc1ccccc1-2. The van der Waals surface area contributed by atoms with Crippen LogP contribution in [0.2, 0.25) is 0 Å². The van der Waals surface area contributed by atoms with Crippen molar-refractivity contribution in [2.24, 2.45) is 0 Å². The van der Waals surface area contributed by atoms with Gasteiger partial charge in [-0.25, -0.2) is 0 Å². The summed E-state index contributed by atoms with van der Waals surface area (Å²) in [5.74, 6) is 0.876. The molecule has 0 heterocycles. The lowest BCUT2D eigenvalue weighted by Gasteiger charge is -2.11. The Bertz CT molecular complexity index is 854. The first-order valence-electron chi connectivity index (χ1n) is 7.92. The standard InChI is InChI=1S/C21H19NO/c1-23-21-9-5-4-8-20(21)22-14-15-10-11-19-17(12-15)13-16-6-2-3-7-18(16)19/h2-12,22H,13-14H2,1H3. The maximum absolute atomic E-state index is 5.39. The lowest BCUT2D eigenvalue weighted by atomic mass is 10.0. The van der Waals surface area contributed by atoms with Crippen LogP contribution < -0.4 is 10.1 Å². The molecule has 0 aliphatic heterocycles. The predicted molar refractivity (Wildman–Crippen MR) is 95.0 cm³/mol. The highest BCUT2D eigenvalue weighted by molar-refractivity contribution is 5.77. The number of para-hydroxylation sites is 2. The summed E-state index contributed by atoms with van der Waals surface area (Å²) in [6.07, 6.45) is 1.04. The van der Waals surface area contributed by atoms with Crippen LogP contribution in [0.25, 0.3) is 11.1 Å². The van der Waals surface area contributed by atoms with Gasteiger partial charge in [-0.1, -0.05) is 54.6 Å². The van der Waals surface area contributed by atoms with E-state index in [1.54, 1.807) is 7.11 Å². The fourth-order valence-electron chi connectivity index (χ4n) is 3.30. The fraction of sp³-hybridized carbons (Fsp3) is 0.143. The van der Waals surface area contributed by atoms with Gasteiger partial charge in [-0.05, 0) is 46.4 Å². The third-order valence-corrected chi connectivity index (χ3v) is 4.45. The van der Waals surface area contributed by atoms with E-state index in [1.165, 1.54) is 27.8 Å². The summed E-state index contributed by atoms with van der Waals surface area (Å²) in [5.41, 5.74) is 7.93. The van der Waals surface area contributed by atoms with E-state index in [9.17, 15) is 0 Å². The van der Waals surface area contributed by atoms with Crippen molar-refractivity contribution in [3.8, 4) is 16.9 Å². The van der Waals surface area contributed by atoms with E-state index in [-0.39, 0.29) is 0 Å². The Morgan fingerprint density at radius 3 is 2.57 bits per heavy atom. The van der Waals surface area contributed by atoms with Crippen LogP contribution in [0.15, 0.2) is 66.7 Å². The molecule has 2 nitrogen and oxygen atoms in total. The zero-order valence-corrected chi connectivity index (χ0v) is 13.2. The first-order chi connectivity index (χ1) is 11.3. The Morgan fingerprint density at radius 1 is 0.870 bits per heavy atom. The Balaban J connectivity index is 1.55. The molecular formula is C21H19NO. The van der Waals surface area contributed by atoms with Crippen LogP contribution in [-0.2, 0) is 13.0 Å². The van der Waals surface area contributed by atoms with Crippen molar-refractivity contribution in [3.05, 3.63) is 83.4 Å². The summed E-state index contributed by atoms with van der Waals surface area (Å²) in [6.45, 7) is 0.796. The van der Waals surface area contributed by atoms with Gasteiger partial charge in [-0.3, -0.25) is 0 Å². The van der Waals surface area contributed by atoms with E-state index in [0.29, 0.717) is 0 Å². The molecule has 0 fully saturated rings. The number of anilines is 1. The zero-order valence-electron chi connectivity index (χ0n) is 13.2. The number of hydrogen-bond acceptors (Lipinski definition) is 2. The topological polar surface area (TPSA) is 21.3 Å². The van der Waals surface area contributed by atoms with Gasteiger partial charge < -0.3 is 10.1 Å². The van der Waals surface area contributed by atoms with E-state index >= 15 is 0 Å². The third-order valence-electron chi connectivity index (χ3n) is 4.45. The zero-order chi connectivity index (χ0) is 15.6. The van der Waals surface area contributed by atoms with Crippen LogP contribution in [0.4, 0.5) is 5.69 Å². The molecule has 0 bridgehead atoms. The predicted octanol–water partition coefficient (Wildman–Crippen LogP) is 4.88. The largest absolute Gasteiger partial charge is 0.495 e. The summed E-state index contributed by atoms with van der Waals surface area (Å²) in [5, 5.41) is 3.47. The quantitative estimate of drug-likeness (QED) is 0.580. The van der Waals surface area contributed by atoms with E-state index in [0.717, 1.165) is 24.4 Å². The van der Waals surface area contributed by atoms with Gasteiger partial charge >= 0.3 is 0 Å². The normalized spacial score (nSPS) is 11.7. The van der Waals surface area contributed by atoms with Gasteiger partial charge in [-0.15, -0.1) is 0 Å². The van der Waals surface area contributed by atoms with Crippen LogP contribution in [0, 0.1) is 0 Å². The Labute approximate surface area is 136 Å². The maximum atomic E-state index is 5.39. The third kappa shape index (κ3) is 2.57. The Kier molecular flexibility index (Phi) is 3.51. The second-order valence-electron chi connectivity index (χ2n) is 5.88. The number of rotatable bonds is 4. The summed E-state index contributed by atoms with van der Waals surface area (Å²) < 4.78 is 5.39. The molecule has 1 aliphatic carbocycles. The summed E-state index contributed by atoms with van der Waals surface area (Å²) in [6, 6.07) is 23.5. The molecule has 4 rings (SSSR count). The van der Waals surface area contributed by atoms with Gasteiger partial charge in [0.25, 0.3) is 0 Å². The molecule has 2 heteroatoms. The first kappa shape index (κ1) is 13.9. The van der Waals surface area contributed by atoms with Crippen molar-refractivity contribution in [2.75, 3.05) is 12.4 Å². The molecule has 3 aromatic carbocycles. The molecule has 0 spiro atoms. The average Bonchev–Trinajstić information content (AvgIpc) is 2.98. The minimum Gasteiger partial charge on any atom is -0.495 e. The number of hydrogen-bond donors (Lipinski definition) is 1. The molecule has 0 amide bonds. The number of ether oxygens (including phenoxy) is 1. The number of benzene rings is 3. The van der Waals surface area contributed by atoms with Gasteiger partial charge in [0, 0.05) is 6.54 Å². The number of methoxy groups -OCH3 is 1. The molecule has 23 heavy (non-hydrogen) atoms. The van der Waals surface area contributed by atoms with Crippen molar-refractivity contribution < 1.29 is 4.74 Å². The molecule has 0 atom stereocenters. The van der Waals surface area contributed by atoms with Crippen molar-refractivity contribution in [3.63, 3.8) is 0 Å². The number of fused-ring (bicyclic) bond motifs is 3. The maximum Gasteiger partial charge on any atom is 0.141 e. The molecule has 0 unspecified atom stereocenters. The van der Waals surface area contributed by atoms with Crippen LogP contribution >= 0.6 is 0 Å². The van der Waals surface area contributed by atoms with Gasteiger partial charge in [0.15, 0.2) is 0 Å². The van der Waals surface area contributed by atoms with Crippen LogP contribution in [0.5, 0.6) is 5.75 Å². The van der Waals surface area contributed by atoms with Crippen molar-refractivity contribution in [1.82, 2.24) is 0 Å². The molecule has 3 aromatic rings. The molecule has 114 valence electrons. The summed E-state index contributed by atoms with van der Waals surface area (Å²) in [4.78, 5) is 0. The molecule has 1 aliphatic rings. The molecule has 0 aromatic heterocycles. The fourth-order valence-corrected chi connectivity index (χ4v) is 3.30. The molecular weight excluding hydrogens is 282 g/mol. The first-order valence-corrected chi connectivity index (χ1v) is 7.92. The van der Waals surface area contributed by atoms with Crippen LogP contribution in [-0.4, -0.2) is 7.11 Å². The second-order valence-corrected chi connectivity index (χ2v) is 5.88. The smallest absolute Gasteiger partial charge is 0.141 e. The lowest BCUT2D eigenvalue weighted by molar-refractivity contribution is 0.416. The van der Waals surface area contributed by atoms with Crippen LogP contribution in [0.3, 0.4) is 0 Å². The summed E-state index contributed by atoms with van der Waals surface area (Å²) >= 11 is 0. The van der Waals surface area contributed by atoms with Gasteiger partial charge in [0.2, 0.25) is 0 Å². The lowest BCUT2D eigenvalue weighted by Crippen LogP contribution is -2.01. The summed E-state index contributed by atoms with van der Waals surface area (Å²) in [7, 11) is 1.70. The van der Waals surface area contributed by atoms with Gasteiger partial charge in [-0.2, -0.15) is 0 Å². The van der Waals surface area contributed by atoms with E-state index in [2.05, 4.69) is 47.8 Å². The average molecular weight is 301 g/mol. The number of nitrogens with one attached hydrogen (secondary N) is 1. The van der Waals surface area contributed by atoms with Gasteiger partial charge in [0.1, 0.15) is 5.75 Å². The molecule has 0 radical (unpaired) electrons. The molecule has 0 saturated heterocycles. The minimum atomic E-state index is 0.796. The van der Waals surface area contributed by atoms with Gasteiger partial charge in [0.05, 0.1) is 12.8 Å². The second kappa shape index (κ2) is 5.81. The molecule has 1 N–H and O–H groups in total. The van der Waals surface area contributed by atoms with E-state index < -0.39 is 0 Å². The van der Waals surface area contributed by atoms with Crippen LogP contribution in [0.1, 0.15) is 16.7 Å². The molecule has 0 saturated carbocycles. The highest BCUT2D eigenvalue weighted by Gasteiger charge is 2.17. The Hall–Kier alpha value is -2.74. The highest BCUT2D eigenvalue weighted by Crippen LogP contribution is 2.36. The minimum absolute atomic E-state index is 0.796. The Morgan fingerprint density at radius 2 is 1.65 bits per heavy atom. The monoisotopic (exact) mass is 301 g/mol. The van der Waals surface area contributed by atoms with E-state index in [1.807, 2.05) is 24.3 Å². The highest BCUT2D eigenvalue weighted by atomic mass is 16.5. The van der Waals surface area contributed by atoms with Crippen molar-refractivity contribution in [1.29, 1.82) is 0 Å². The van der Waals surface area contributed by atoms with Crippen molar-refractivity contribution in [2.45, 2.75) is 13.0 Å². The van der Waals surface area contributed by atoms with Crippen molar-refractivity contribution >= 4 is 5.69 Å².